The fourth-order valence-corrected chi connectivity index (χ4v) is 4.12. The number of para-hydroxylation sites is 3. The molecule has 170 valence electrons. The van der Waals surface area contributed by atoms with Gasteiger partial charge >= 0.3 is 0 Å². The molecule has 0 radical (unpaired) electrons. The van der Waals surface area contributed by atoms with Gasteiger partial charge < -0.3 is 15.1 Å². The number of amides is 2. The number of carbonyl (C=O) groups is 2. The molecule has 32 heavy (non-hydrogen) atoms. The van der Waals surface area contributed by atoms with Crippen molar-refractivity contribution in [3.63, 3.8) is 0 Å². The molecule has 2 amide bonds. The van der Waals surface area contributed by atoms with Crippen molar-refractivity contribution in [2.45, 2.75) is 33.1 Å². The van der Waals surface area contributed by atoms with Crippen LogP contribution >= 0.6 is 0 Å². The second kappa shape index (κ2) is 10.7. The van der Waals surface area contributed by atoms with Crippen molar-refractivity contribution >= 4 is 28.9 Å². The van der Waals surface area contributed by atoms with Gasteiger partial charge in [-0.3, -0.25) is 19.7 Å². The minimum atomic E-state index is -0.372. The molecule has 1 N–H and O–H groups in total. The first-order valence-electron chi connectivity index (χ1n) is 11.0. The molecule has 0 aliphatic carbocycles. The predicted octanol–water partition coefficient (Wildman–Crippen LogP) is 4.00. The standard InChI is InChI=1S/C24H30N4O4/c1-3-14-27(17-23(29)25-20-9-5-4-8-18(20)2)24(30)19-12-15-26(16-13-19)21-10-6-7-11-22(21)28(31)32/h4-11,19H,3,12-17H2,1-2H3,(H,25,29). The molecule has 1 aliphatic heterocycles. The maximum atomic E-state index is 13.2. The predicted molar refractivity (Wildman–Crippen MR) is 125 cm³/mol. The van der Waals surface area contributed by atoms with E-state index in [9.17, 15) is 19.7 Å². The van der Waals surface area contributed by atoms with Crippen LogP contribution in [-0.4, -0.2) is 47.8 Å². The summed E-state index contributed by atoms with van der Waals surface area (Å²) in [7, 11) is 0. The number of anilines is 2. The van der Waals surface area contributed by atoms with Crippen LogP contribution in [-0.2, 0) is 9.59 Å². The number of hydrogen-bond donors (Lipinski definition) is 1. The first-order valence-corrected chi connectivity index (χ1v) is 11.0. The Hall–Kier alpha value is -3.42. The summed E-state index contributed by atoms with van der Waals surface area (Å²) in [6.07, 6.45) is 1.97. The van der Waals surface area contributed by atoms with E-state index in [4.69, 9.17) is 0 Å². The summed E-state index contributed by atoms with van der Waals surface area (Å²) in [6.45, 7) is 5.58. The van der Waals surface area contributed by atoms with Crippen molar-refractivity contribution in [1.82, 2.24) is 4.90 Å². The Labute approximate surface area is 188 Å². The molecule has 0 atom stereocenters. The van der Waals surface area contributed by atoms with Crippen LogP contribution in [0.5, 0.6) is 0 Å². The molecule has 1 heterocycles. The van der Waals surface area contributed by atoms with E-state index in [0.717, 1.165) is 17.7 Å². The van der Waals surface area contributed by atoms with Gasteiger partial charge in [0.1, 0.15) is 5.69 Å². The number of rotatable bonds is 8. The number of nitro groups is 1. The number of nitrogens with one attached hydrogen (secondary N) is 1. The number of nitrogens with zero attached hydrogens (tertiary/aromatic N) is 3. The number of benzene rings is 2. The van der Waals surface area contributed by atoms with Crippen LogP contribution in [0.25, 0.3) is 0 Å². The summed E-state index contributed by atoms with van der Waals surface area (Å²) in [4.78, 5) is 40.3. The van der Waals surface area contributed by atoms with E-state index in [-0.39, 0.29) is 34.9 Å². The SMILES string of the molecule is CCCN(CC(=O)Nc1ccccc1C)C(=O)C1CCN(c2ccccc2[N+](=O)[O-])CC1. The van der Waals surface area contributed by atoms with Crippen molar-refractivity contribution in [3.05, 3.63) is 64.2 Å². The highest BCUT2D eigenvalue weighted by molar-refractivity contribution is 5.95. The van der Waals surface area contributed by atoms with Gasteiger partial charge in [-0.05, 0) is 43.9 Å². The molecule has 8 nitrogen and oxygen atoms in total. The summed E-state index contributed by atoms with van der Waals surface area (Å²) in [5.41, 5.74) is 2.39. The fraction of sp³-hybridized carbons (Fsp3) is 0.417. The maximum Gasteiger partial charge on any atom is 0.292 e. The Morgan fingerprint density at radius 2 is 1.78 bits per heavy atom. The van der Waals surface area contributed by atoms with Gasteiger partial charge in [0, 0.05) is 37.3 Å². The first-order chi connectivity index (χ1) is 15.4. The molecule has 3 rings (SSSR count). The van der Waals surface area contributed by atoms with Crippen molar-refractivity contribution < 1.29 is 14.5 Å². The third kappa shape index (κ3) is 5.63. The molecule has 0 unspecified atom stereocenters. The molecule has 0 aromatic heterocycles. The molecule has 2 aromatic carbocycles. The van der Waals surface area contributed by atoms with Gasteiger partial charge in [0.15, 0.2) is 0 Å². The lowest BCUT2D eigenvalue weighted by atomic mass is 9.94. The van der Waals surface area contributed by atoms with Gasteiger partial charge in [0.2, 0.25) is 11.8 Å². The van der Waals surface area contributed by atoms with Crippen molar-refractivity contribution in [2.75, 3.05) is 36.4 Å². The topological polar surface area (TPSA) is 95.8 Å². The second-order valence-corrected chi connectivity index (χ2v) is 8.13. The number of nitro benzene ring substituents is 1. The van der Waals surface area contributed by atoms with Gasteiger partial charge in [0.05, 0.1) is 11.5 Å². The normalized spacial score (nSPS) is 14.1. The Balaban J connectivity index is 1.61. The number of hydrogen-bond acceptors (Lipinski definition) is 5. The largest absolute Gasteiger partial charge is 0.366 e. The van der Waals surface area contributed by atoms with Crippen LogP contribution in [0, 0.1) is 23.0 Å². The van der Waals surface area contributed by atoms with Crippen molar-refractivity contribution in [3.8, 4) is 0 Å². The van der Waals surface area contributed by atoms with E-state index in [1.54, 1.807) is 23.1 Å². The molecule has 1 fully saturated rings. The average molecular weight is 439 g/mol. The summed E-state index contributed by atoms with van der Waals surface area (Å²) in [5.74, 6) is -0.417. The van der Waals surface area contributed by atoms with Gasteiger partial charge in [-0.2, -0.15) is 0 Å². The van der Waals surface area contributed by atoms with Crippen molar-refractivity contribution in [2.24, 2.45) is 5.92 Å². The van der Waals surface area contributed by atoms with E-state index in [2.05, 4.69) is 5.32 Å². The number of carbonyl (C=O) groups excluding carboxylic acids is 2. The molecular formula is C24H30N4O4. The third-order valence-corrected chi connectivity index (χ3v) is 5.82. The summed E-state index contributed by atoms with van der Waals surface area (Å²) >= 11 is 0. The van der Waals surface area contributed by atoms with E-state index in [1.807, 2.05) is 43.0 Å². The van der Waals surface area contributed by atoms with Crippen LogP contribution in [0.1, 0.15) is 31.7 Å². The van der Waals surface area contributed by atoms with Gasteiger partial charge in [-0.15, -0.1) is 0 Å². The first kappa shape index (κ1) is 23.2. The van der Waals surface area contributed by atoms with E-state index >= 15 is 0 Å². The summed E-state index contributed by atoms with van der Waals surface area (Å²) in [6, 6.07) is 14.2. The van der Waals surface area contributed by atoms with Crippen LogP contribution in [0.2, 0.25) is 0 Å². The minimum Gasteiger partial charge on any atom is -0.366 e. The monoisotopic (exact) mass is 438 g/mol. The molecule has 0 saturated carbocycles. The highest BCUT2D eigenvalue weighted by Gasteiger charge is 2.31. The lowest BCUT2D eigenvalue weighted by molar-refractivity contribution is -0.384. The van der Waals surface area contributed by atoms with Crippen molar-refractivity contribution in [1.29, 1.82) is 0 Å². The summed E-state index contributed by atoms with van der Waals surface area (Å²) in [5, 5.41) is 14.2. The second-order valence-electron chi connectivity index (χ2n) is 8.13. The zero-order valence-corrected chi connectivity index (χ0v) is 18.6. The van der Waals surface area contributed by atoms with E-state index < -0.39 is 0 Å². The van der Waals surface area contributed by atoms with Crippen LogP contribution < -0.4 is 10.2 Å². The number of aryl methyl sites for hydroxylation is 1. The van der Waals surface area contributed by atoms with Gasteiger partial charge in [-0.25, -0.2) is 0 Å². The smallest absolute Gasteiger partial charge is 0.292 e. The Bertz CT molecular complexity index is 970. The Morgan fingerprint density at radius 1 is 1.12 bits per heavy atom. The van der Waals surface area contributed by atoms with Gasteiger partial charge in [0.25, 0.3) is 5.69 Å². The molecule has 1 aliphatic rings. The minimum absolute atomic E-state index is 0.0192. The Kier molecular flexibility index (Phi) is 7.81. The van der Waals surface area contributed by atoms with Crippen LogP contribution in [0.4, 0.5) is 17.1 Å². The van der Waals surface area contributed by atoms with Crippen LogP contribution in [0.3, 0.4) is 0 Å². The zero-order valence-electron chi connectivity index (χ0n) is 18.6. The highest BCUT2D eigenvalue weighted by atomic mass is 16.6. The molecule has 2 aromatic rings. The van der Waals surface area contributed by atoms with Crippen LogP contribution in [0.15, 0.2) is 48.5 Å². The zero-order chi connectivity index (χ0) is 23.1. The molecule has 8 heteroatoms. The average Bonchev–Trinajstić information content (AvgIpc) is 2.80. The lowest BCUT2D eigenvalue weighted by Crippen LogP contribution is -2.45. The molecular weight excluding hydrogens is 408 g/mol. The van der Waals surface area contributed by atoms with E-state index in [1.165, 1.54) is 6.07 Å². The maximum absolute atomic E-state index is 13.2. The molecule has 1 saturated heterocycles. The Morgan fingerprint density at radius 3 is 2.44 bits per heavy atom. The molecule has 0 spiro atoms. The lowest BCUT2D eigenvalue weighted by Gasteiger charge is -2.35. The third-order valence-electron chi connectivity index (χ3n) is 5.82. The van der Waals surface area contributed by atoms with E-state index in [0.29, 0.717) is 38.2 Å². The number of piperidine rings is 1. The molecule has 0 bridgehead atoms. The fourth-order valence-electron chi connectivity index (χ4n) is 4.12. The quantitative estimate of drug-likeness (QED) is 0.496. The summed E-state index contributed by atoms with van der Waals surface area (Å²) < 4.78 is 0. The highest BCUT2D eigenvalue weighted by Crippen LogP contribution is 2.31. The van der Waals surface area contributed by atoms with Gasteiger partial charge in [-0.1, -0.05) is 37.3 Å².